The molecule has 0 heterocycles. The second kappa shape index (κ2) is 8.66. The summed E-state index contributed by atoms with van der Waals surface area (Å²) in [6.45, 7) is 1.32. The van der Waals surface area contributed by atoms with Crippen molar-refractivity contribution in [3.05, 3.63) is 0 Å². The molecule has 0 aromatic carbocycles. The Morgan fingerprint density at radius 1 is 1.24 bits per heavy atom. The minimum Gasteiger partial charge on any atom is -0.480 e. The van der Waals surface area contributed by atoms with Crippen LogP contribution in [-0.4, -0.2) is 59.6 Å². The first-order valence-corrected chi connectivity index (χ1v) is 6.39. The van der Waals surface area contributed by atoms with E-state index in [0.717, 1.165) is 6.54 Å². The van der Waals surface area contributed by atoms with Crippen molar-refractivity contribution in [2.24, 2.45) is 0 Å². The number of nitrogens with zero attached hydrogens (tertiary/aromatic N) is 1. The van der Waals surface area contributed by atoms with E-state index >= 15 is 0 Å². The van der Waals surface area contributed by atoms with Crippen LogP contribution < -0.4 is 5.32 Å². The number of carbonyl (C=O) groups is 2. The normalized spacial score (nSPS) is 14.4. The van der Waals surface area contributed by atoms with Gasteiger partial charge in [0.15, 0.2) is 0 Å². The molecule has 0 saturated carbocycles. The summed E-state index contributed by atoms with van der Waals surface area (Å²) in [4.78, 5) is 24.0. The van der Waals surface area contributed by atoms with Crippen LogP contribution in [0, 0.1) is 0 Å². The maximum Gasteiger partial charge on any atom is 0.316 e. The zero-order valence-electron chi connectivity index (χ0n) is 10.1. The molecule has 1 amide bonds. The molecule has 0 saturated heterocycles. The molecule has 17 heavy (non-hydrogen) atoms. The van der Waals surface area contributed by atoms with Gasteiger partial charge in [-0.15, -0.1) is 0 Å². The standard InChI is InChI=1S/C10H20N2O3S2/c1-12(2)6-5-11-9(13)7(16)3-4-8(17)10(14)15/h7-8,16-17H,3-6H2,1-2H3,(H,11,13)(H,14,15). The highest BCUT2D eigenvalue weighted by atomic mass is 32.1. The van der Waals surface area contributed by atoms with Crippen molar-refractivity contribution >= 4 is 37.1 Å². The van der Waals surface area contributed by atoms with Gasteiger partial charge >= 0.3 is 5.97 Å². The van der Waals surface area contributed by atoms with E-state index in [2.05, 4.69) is 30.6 Å². The van der Waals surface area contributed by atoms with Gasteiger partial charge < -0.3 is 15.3 Å². The average Bonchev–Trinajstić information content (AvgIpc) is 2.24. The molecule has 0 aromatic heterocycles. The number of carboxylic acid groups (broad SMARTS) is 1. The Morgan fingerprint density at radius 2 is 1.76 bits per heavy atom. The van der Waals surface area contributed by atoms with Gasteiger partial charge in [0.2, 0.25) is 5.91 Å². The lowest BCUT2D eigenvalue weighted by atomic mass is 10.1. The van der Waals surface area contributed by atoms with E-state index in [0.29, 0.717) is 19.4 Å². The highest BCUT2D eigenvalue weighted by molar-refractivity contribution is 7.82. The van der Waals surface area contributed by atoms with E-state index < -0.39 is 16.5 Å². The number of aliphatic carboxylic acids is 1. The third-order valence-corrected chi connectivity index (χ3v) is 3.13. The van der Waals surface area contributed by atoms with Gasteiger partial charge in [-0.3, -0.25) is 9.59 Å². The van der Waals surface area contributed by atoms with Crippen LogP contribution in [0.5, 0.6) is 0 Å². The summed E-state index contributed by atoms with van der Waals surface area (Å²) in [5.74, 6) is -1.14. The van der Waals surface area contributed by atoms with Gasteiger partial charge in [-0.1, -0.05) is 0 Å². The van der Waals surface area contributed by atoms with Crippen LogP contribution in [-0.2, 0) is 9.59 Å². The first-order valence-electron chi connectivity index (χ1n) is 5.36. The van der Waals surface area contributed by atoms with Crippen molar-refractivity contribution in [1.82, 2.24) is 10.2 Å². The zero-order valence-corrected chi connectivity index (χ0v) is 11.9. The van der Waals surface area contributed by atoms with Gasteiger partial charge in [0, 0.05) is 13.1 Å². The SMILES string of the molecule is CN(C)CCNC(=O)C(S)CCC(S)C(=O)O. The molecular formula is C10H20N2O3S2. The number of amides is 1. The average molecular weight is 280 g/mol. The van der Waals surface area contributed by atoms with Crippen molar-refractivity contribution in [1.29, 1.82) is 0 Å². The van der Waals surface area contributed by atoms with E-state index in [9.17, 15) is 9.59 Å². The van der Waals surface area contributed by atoms with E-state index in [1.807, 2.05) is 19.0 Å². The Labute approximate surface area is 113 Å². The number of hydrogen-bond donors (Lipinski definition) is 4. The first-order chi connectivity index (χ1) is 7.84. The molecule has 0 bridgehead atoms. The molecule has 5 nitrogen and oxygen atoms in total. The second-order valence-corrected chi connectivity index (χ2v) is 5.29. The van der Waals surface area contributed by atoms with Crippen LogP contribution in [0.1, 0.15) is 12.8 Å². The first kappa shape index (κ1) is 16.6. The van der Waals surface area contributed by atoms with Gasteiger partial charge in [0.1, 0.15) is 0 Å². The highest BCUT2D eigenvalue weighted by Crippen LogP contribution is 2.11. The Hall–Kier alpha value is -0.400. The number of thiol groups is 2. The number of hydrogen-bond acceptors (Lipinski definition) is 5. The van der Waals surface area contributed by atoms with Crippen LogP contribution in [0.3, 0.4) is 0 Å². The van der Waals surface area contributed by atoms with Gasteiger partial charge in [-0.25, -0.2) is 0 Å². The fraction of sp³-hybridized carbons (Fsp3) is 0.800. The van der Waals surface area contributed by atoms with E-state index in [4.69, 9.17) is 5.11 Å². The predicted octanol–water partition coefficient (Wildman–Crippen LogP) is 0.126. The lowest BCUT2D eigenvalue weighted by Crippen LogP contribution is -2.36. The summed E-state index contributed by atoms with van der Waals surface area (Å²) in [7, 11) is 3.84. The summed E-state index contributed by atoms with van der Waals surface area (Å²) in [5.41, 5.74) is 0. The van der Waals surface area contributed by atoms with E-state index in [-0.39, 0.29) is 5.91 Å². The van der Waals surface area contributed by atoms with E-state index in [1.165, 1.54) is 0 Å². The minimum absolute atomic E-state index is 0.166. The minimum atomic E-state index is -0.970. The summed E-state index contributed by atoms with van der Waals surface area (Å²) in [6.07, 6.45) is 0.727. The monoisotopic (exact) mass is 280 g/mol. The van der Waals surface area contributed by atoms with Crippen LogP contribution >= 0.6 is 25.3 Å². The van der Waals surface area contributed by atoms with Crippen molar-refractivity contribution in [2.45, 2.75) is 23.3 Å². The van der Waals surface area contributed by atoms with Crippen LogP contribution in [0.15, 0.2) is 0 Å². The lowest BCUT2D eigenvalue weighted by Gasteiger charge is -2.14. The molecule has 2 N–H and O–H groups in total. The van der Waals surface area contributed by atoms with Crippen molar-refractivity contribution < 1.29 is 14.7 Å². The maximum atomic E-state index is 11.5. The fourth-order valence-corrected chi connectivity index (χ4v) is 1.48. The second-order valence-electron chi connectivity index (χ2n) is 4.04. The number of nitrogens with one attached hydrogen (secondary N) is 1. The Bertz CT molecular complexity index is 262. The van der Waals surface area contributed by atoms with E-state index in [1.54, 1.807) is 0 Å². The molecule has 0 rings (SSSR count). The molecule has 0 spiro atoms. The quantitative estimate of drug-likeness (QED) is 0.477. The molecule has 0 radical (unpaired) electrons. The van der Waals surface area contributed by atoms with Crippen molar-refractivity contribution in [3.8, 4) is 0 Å². The zero-order chi connectivity index (χ0) is 13.4. The summed E-state index contributed by atoms with van der Waals surface area (Å²) in [6, 6.07) is 0. The van der Waals surface area contributed by atoms with Crippen LogP contribution in [0.25, 0.3) is 0 Å². The number of likely N-dealkylation sites (N-methyl/N-ethyl adjacent to an activating group) is 1. The van der Waals surface area contributed by atoms with Crippen LogP contribution in [0.2, 0.25) is 0 Å². The molecule has 0 aromatic rings. The van der Waals surface area contributed by atoms with Gasteiger partial charge in [-0.2, -0.15) is 25.3 Å². The molecule has 0 aliphatic rings. The maximum absolute atomic E-state index is 11.5. The number of carboxylic acids is 1. The molecule has 7 heteroatoms. The number of rotatable bonds is 8. The highest BCUT2D eigenvalue weighted by Gasteiger charge is 2.18. The molecule has 0 fully saturated rings. The molecule has 0 aliphatic heterocycles. The Morgan fingerprint density at radius 3 is 2.24 bits per heavy atom. The lowest BCUT2D eigenvalue weighted by molar-refractivity contribution is -0.136. The third kappa shape index (κ3) is 8.34. The molecular weight excluding hydrogens is 260 g/mol. The van der Waals surface area contributed by atoms with Crippen LogP contribution in [0.4, 0.5) is 0 Å². The largest absolute Gasteiger partial charge is 0.480 e. The van der Waals surface area contributed by atoms with Crippen molar-refractivity contribution in [2.75, 3.05) is 27.2 Å². The predicted molar refractivity (Wildman–Crippen MR) is 74.0 cm³/mol. The Balaban J connectivity index is 3.78. The summed E-state index contributed by atoms with van der Waals surface area (Å²) < 4.78 is 0. The number of carbonyl (C=O) groups excluding carboxylic acids is 1. The molecule has 2 atom stereocenters. The van der Waals surface area contributed by atoms with Gasteiger partial charge in [0.25, 0.3) is 0 Å². The molecule has 100 valence electrons. The fourth-order valence-electron chi connectivity index (χ4n) is 1.09. The van der Waals surface area contributed by atoms with Crippen molar-refractivity contribution in [3.63, 3.8) is 0 Å². The topological polar surface area (TPSA) is 69.6 Å². The van der Waals surface area contributed by atoms with Gasteiger partial charge in [0.05, 0.1) is 10.5 Å². The third-order valence-electron chi connectivity index (χ3n) is 2.16. The summed E-state index contributed by atoms with van der Waals surface area (Å²) in [5, 5.41) is 10.1. The molecule has 0 aliphatic carbocycles. The smallest absolute Gasteiger partial charge is 0.316 e. The molecule has 2 unspecified atom stereocenters. The Kier molecular flexibility index (Phi) is 8.45. The summed E-state index contributed by atoms with van der Waals surface area (Å²) >= 11 is 8.03. The van der Waals surface area contributed by atoms with Gasteiger partial charge in [-0.05, 0) is 26.9 Å².